The van der Waals surface area contributed by atoms with Crippen molar-refractivity contribution in [2.75, 3.05) is 19.6 Å². The fourth-order valence-corrected chi connectivity index (χ4v) is 2.39. The van der Waals surface area contributed by atoms with Gasteiger partial charge in [-0.1, -0.05) is 18.2 Å². The van der Waals surface area contributed by atoms with Crippen LogP contribution < -0.4 is 11.2 Å². The Kier molecular flexibility index (Phi) is 4.78. The fourth-order valence-electron chi connectivity index (χ4n) is 2.39. The zero-order valence-corrected chi connectivity index (χ0v) is 11.0. The summed E-state index contributed by atoms with van der Waals surface area (Å²) in [7, 11) is 0. The molecule has 0 saturated carbocycles. The Morgan fingerprint density at radius 2 is 2.26 bits per heavy atom. The second kappa shape index (κ2) is 6.78. The van der Waals surface area contributed by atoms with Crippen LogP contribution in [0.4, 0.5) is 0 Å². The molecule has 0 bridgehead atoms. The first-order chi connectivity index (χ1) is 9.29. The quantitative estimate of drug-likeness (QED) is 0.368. The summed E-state index contributed by atoms with van der Waals surface area (Å²) in [5, 5.41) is 6.54. The largest absolute Gasteiger partial charge is 0.361 e. The third-order valence-corrected chi connectivity index (χ3v) is 3.37. The van der Waals surface area contributed by atoms with Crippen molar-refractivity contribution >= 4 is 12.2 Å². The van der Waals surface area contributed by atoms with Gasteiger partial charge in [-0.25, -0.2) is 0 Å². The molecule has 2 rings (SSSR count). The minimum absolute atomic E-state index is 0.00906. The van der Waals surface area contributed by atoms with Gasteiger partial charge in [0.05, 0.1) is 0 Å². The average Bonchev–Trinajstić information content (AvgIpc) is 2.46. The molecule has 1 aromatic rings. The molecule has 1 fully saturated rings. The minimum Gasteiger partial charge on any atom is -0.361 e. The Morgan fingerprint density at radius 1 is 1.47 bits per heavy atom. The molecule has 1 aliphatic rings. The summed E-state index contributed by atoms with van der Waals surface area (Å²) in [6.45, 7) is 2.59. The molecule has 1 aliphatic heterocycles. The van der Waals surface area contributed by atoms with Crippen LogP contribution in [0.2, 0.25) is 0 Å². The number of piperidine rings is 1. The number of rotatable bonds is 4. The number of carbonyl (C=O) groups is 1. The highest BCUT2D eigenvalue weighted by Crippen LogP contribution is 2.14. The first-order valence-corrected chi connectivity index (χ1v) is 6.60. The highest BCUT2D eigenvalue weighted by atomic mass is 16.1. The summed E-state index contributed by atoms with van der Waals surface area (Å²) in [6.07, 6.45) is 3.91. The van der Waals surface area contributed by atoms with Crippen molar-refractivity contribution in [2.45, 2.75) is 12.8 Å². The predicted octanol–water partition coefficient (Wildman–Crippen LogP) is 1.03. The molecule has 1 heterocycles. The normalized spacial score (nSPS) is 19.6. The van der Waals surface area contributed by atoms with Crippen LogP contribution in [0.15, 0.2) is 35.4 Å². The van der Waals surface area contributed by atoms with Gasteiger partial charge in [0.15, 0.2) is 0 Å². The first kappa shape index (κ1) is 13.4. The lowest BCUT2D eigenvalue weighted by Crippen LogP contribution is -2.40. The Hall–Kier alpha value is -2.04. The molecule has 3 N–H and O–H groups in total. The topological polar surface area (TPSA) is 70.7 Å². The maximum Gasteiger partial charge on any atom is 0.251 e. The average molecular weight is 260 g/mol. The van der Waals surface area contributed by atoms with Gasteiger partial charge in [0, 0.05) is 25.2 Å². The molecule has 102 valence electrons. The van der Waals surface area contributed by atoms with Crippen LogP contribution in [0, 0.1) is 5.92 Å². The van der Waals surface area contributed by atoms with Crippen LogP contribution in [0.25, 0.3) is 0 Å². The SMILES string of the molecule is NN=CN1CCC[C@H](CNC(=O)c2ccccc2)C1. The number of hydrogen-bond donors (Lipinski definition) is 2. The smallest absolute Gasteiger partial charge is 0.251 e. The van der Waals surface area contributed by atoms with E-state index < -0.39 is 0 Å². The van der Waals surface area contributed by atoms with E-state index in [9.17, 15) is 4.79 Å². The standard InChI is InChI=1S/C14H20N4O/c15-17-11-18-8-4-5-12(10-18)9-16-14(19)13-6-2-1-3-7-13/h1-3,6-7,11-12H,4-5,8-10,15H2,(H,16,19)/t12-/m1/s1. The second-order valence-electron chi connectivity index (χ2n) is 4.84. The highest BCUT2D eigenvalue weighted by molar-refractivity contribution is 5.94. The van der Waals surface area contributed by atoms with Crippen molar-refractivity contribution in [3.63, 3.8) is 0 Å². The van der Waals surface area contributed by atoms with Gasteiger partial charge in [0.2, 0.25) is 0 Å². The lowest BCUT2D eigenvalue weighted by molar-refractivity contribution is 0.0941. The van der Waals surface area contributed by atoms with Crippen molar-refractivity contribution in [2.24, 2.45) is 16.9 Å². The van der Waals surface area contributed by atoms with E-state index in [-0.39, 0.29) is 5.91 Å². The van der Waals surface area contributed by atoms with E-state index in [4.69, 9.17) is 5.84 Å². The Morgan fingerprint density at radius 3 is 3.00 bits per heavy atom. The number of carbonyl (C=O) groups excluding carboxylic acids is 1. The summed E-state index contributed by atoms with van der Waals surface area (Å²) < 4.78 is 0. The molecule has 1 aromatic carbocycles. The number of hydrazone groups is 1. The third-order valence-electron chi connectivity index (χ3n) is 3.37. The molecular formula is C14H20N4O. The van der Waals surface area contributed by atoms with Gasteiger partial charge in [0.25, 0.3) is 5.91 Å². The highest BCUT2D eigenvalue weighted by Gasteiger charge is 2.18. The summed E-state index contributed by atoms with van der Waals surface area (Å²) in [5.41, 5.74) is 0.707. The van der Waals surface area contributed by atoms with Gasteiger partial charge in [0.1, 0.15) is 6.34 Å². The lowest BCUT2D eigenvalue weighted by atomic mass is 9.98. The van der Waals surface area contributed by atoms with Crippen molar-refractivity contribution in [3.05, 3.63) is 35.9 Å². The van der Waals surface area contributed by atoms with Crippen molar-refractivity contribution < 1.29 is 4.79 Å². The van der Waals surface area contributed by atoms with E-state index in [1.165, 1.54) is 0 Å². The molecular weight excluding hydrogens is 240 g/mol. The van der Waals surface area contributed by atoms with E-state index in [0.29, 0.717) is 18.0 Å². The second-order valence-corrected chi connectivity index (χ2v) is 4.84. The summed E-state index contributed by atoms with van der Waals surface area (Å²) in [4.78, 5) is 14.0. The van der Waals surface area contributed by atoms with Crippen molar-refractivity contribution in [3.8, 4) is 0 Å². The van der Waals surface area contributed by atoms with E-state index in [1.807, 2.05) is 30.3 Å². The van der Waals surface area contributed by atoms with Gasteiger partial charge >= 0.3 is 0 Å². The zero-order chi connectivity index (χ0) is 13.5. The maximum absolute atomic E-state index is 11.9. The van der Waals surface area contributed by atoms with Crippen molar-refractivity contribution in [1.29, 1.82) is 0 Å². The van der Waals surface area contributed by atoms with Crippen LogP contribution in [-0.4, -0.2) is 36.8 Å². The molecule has 0 spiro atoms. The van der Waals surface area contributed by atoms with Crippen LogP contribution >= 0.6 is 0 Å². The number of amides is 1. The third kappa shape index (κ3) is 3.98. The van der Waals surface area contributed by atoms with Crippen LogP contribution in [0.1, 0.15) is 23.2 Å². The fraction of sp³-hybridized carbons (Fsp3) is 0.429. The van der Waals surface area contributed by atoms with E-state index in [0.717, 1.165) is 25.9 Å². The molecule has 1 amide bonds. The monoisotopic (exact) mass is 260 g/mol. The minimum atomic E-state index is -0.00906. The molecule has 1 atom stereocenters. The van der Waals surface area contributed by atoms with E-state index in [1.54, 1.807) is 6.34 Å². The molecule has 5 heteroatoms. The molecule has 0 unspecified atom stereocenters. The number of nitrogens with one attached hydrogen (secondary N) is 1. The first-order valence-electron chi connectivity index (χ1n) is 6.60. The Balaban J connectivity index is 1.80. The zero-order valence-electron chi connectivity index (χ0n) is 11.0. The summed E-state index contributed by atoms with van der Waals surface area (Å²) >= 11 is 0. The number of nitrogens with two attached hydrogens (primary N) is 1. The van der Waals surface area contributed by atoms with Gasteiger partial charge in [-0.3, -0.25) is 4.79 Å². The van der Waals surface area contributed by atoms with Gasteiger partial charge in [-0.15, -0.1) is 0 Å². The van der Waals surface area contributed by atoms with Gasteiger partial charge in [-0.2, -0.15) is 5.10 Å². The Bertz CT molecular complexity index is 432. The van der Waals surface area contributed by atoms with Crippen molar-refractivity contribution in [1.82, 2.24) is 10.2 Å². The van der Waals surface area contributed by atoms with E-state index in [2.05, 4.69) is 15.3 Å². The Labute approximate surface area is 113 Å². The number of benzene rings is 1. The lowest BCUT2D eigenvalue weighted by Gasteiger charge is -2.31. The molecule has 1 saturated heterocycles. The van der Waals surface area contributed by atoms with E-state index >= 15 is 0 Å². The van der Waals surface area contributed by atoms with Gasteiger partial charge < -0.3 is 16.1 Å². The van der Waals surface area contributed by atoms with Gasteiger partial charge in [-0.05, 0) is 30.9 Å². The molecule has 0 radical (unpaired) electrons. The van der Waals surface area contributed by atoms with Crippen LogP contribution in [0.5, 0.6) is 0 Å². The molecule has 0 aliphatic carbocycles. The number of nitrogens with zero attached hydrogens (tertiary/aromatic N) is 2. The maximum atomic E-state index is 11.9. The van der Waals surface area contributed by atoms with Crippen LogP contribution in [-0.2, 0) is 0 Å². The molecule has 0 aromatic heterocycles. The summed E-state index contributed by atoms with van der Waals surface area (Å²) in [6, 6.07) is 9.29. The summed E-state index contributed by atoms with van der Waals surface area (Å²) in [5.74, 6) is 5.61. The predicted molar refractivity (Wildman–Crippen MR) is 75.8 cm³/mol. The number of hydrogen-bond acceptors (Lipinski definition) is 3. The van der Waals surface area contributed by atoms with Crippen LogP contribution in [0.3, 0.4) is 0 Å². The molecule has 5 nitrogen and oxygen atoms in total. The number of likely N-dealkylation sites (tertiary alicyclic amines) is 1. The molecule has 19 heavy (non-hydrogen) atoms.